The number of carbonyl (C=O) groups is 1. The summed E-state index contributed by atoms with van der Waals surface area (Å²) in [5.74, 6) is 0.978. The second-order valence-electron chi connectivity index (χ2n) is 7.15. The summed E-state index contributed by atoms with van der Waals surface area (Å²) in [6.07, 6.45) is 4.74. The van der Waals surface area contributed by atoms with Crippen molar-refractivity contribution in [3.8, 4) is 0 Å². The predicted octanol–water partition coefficient (Wildman–Crippen LogP) is 2.86. The van der Waals surface area contributed by atoms with Crippen molar-refractivity contribution >= 4 is 5.78 Å². The van der Waals surface area contributed by atoms with Crippen molar-refractivity contribution < 1.29 is 14.3 Å². The fourth-order valence-corrected chi connectivity index (χ4v) is 4.68. The zero-order chi connectivity index (χ0) is 16.0. The number of hydrogen-bond donors (Lipinski definition) is 1. The van der Waals surface area contributed by atoms with Gasteiger partial charge in [0.2, 0.25) is 0 Å². The van der Waals surface area contributed by atoms with Crippen LogP contribution in [0.25, 0.3) is 0 Å². The summed E-state index contributed by atoms with van der Waals surface area (Å²) < 4.78 is 13.2. The zero-order valence-corrected chi connectivity index (χ0v) is 13.1. The number of benzene rings is 1. The molecule has 1 aromatic rings. The lowest BCUT2D eigenvalue weighted by molar-refractivity contribution is -0.114. The van der Waals surface area contributed by atoms with Gasteiger partial charge in [0.25, 0.3) is 0 Å². The largest absolute Gasteiger partial charge is 0.392 e. The van der Waals surface area contributed by atoms with Gasteiger partial charge in [0.1, 0.15) is 5.82 Å². The molecule has 1 aromatic carbocycles. The first-order valence-electron chi connectivity index (χ1n) is 8.53. The number of likely N-dealkylation sites (tertiary alicyclic amines) is 1. The molecule has 0 aromatic heterocycles. The second-order valence-corrected chi connectivity index (χ2v) is 7.15. The lowest BCUT2D eigenvalue weighted by Gasteiger charge is -2.37. The van der Waals surface area contributed by atoms with Gasteiger partial charge in [-0.3, -0.25) is 4.79 Å². The third-order valence-electron chi connectivity index (χ3n) is 5.82. The topological polar surface area (TPSA) is 40.5 Å². The van der Waals surface area contributed by atoms with E-state index in [0.717, 1.165) is 43.6 Å². The van der Waals surface area contributed by atoms with Crippen LogP contribution >= 0.6 is 0 Å². The number of rotatable bonds is 2. The van der Waals surface area contributed by atoms with Crippen LogP contribution in [-0.4, -0.2) is 35.0 Å². The van der Waals surface area contributed by atoms with E-state index < -0.39 is 0 Å². The Balaban J connectivity index is 1.59. The normalized spacial score (nSPS) is 33.7. The van der Waals surface area contributed by atoms with Gasteiger partial charge in [-0.1, -0.05) is 12.1 Å². The number of fused-ring (bicyclic) bond motifs is 1. The molecule has 122 valence electrons. The van der Waals surface area contributed by atoms with Crippen LogP contribution in [0, 0.1) is 17.7 Å². The van der Waals surface area contributed by atoms with Gasteiger partial charge in [-0.25, -0.2) is 4.39 Å². The van der Waals surface area contributed by atoms with Crippen molar-refractivity contribution in [2.24, 2.45) is 11.8 Å². The molecule has 23 heavy (non-hydrogen) atoms. The molecule has 3 nitrogen and oxygen atoms in total. The predicted molar refractivity (Wildman–Crippen MR) is 85.3 cm³/mol. The van der Waals surface area contributed by atoms with Crippen LogP contribution in [0.4, 0.5) is 4.39 Å². The Morgan fingerprint density at radius 2 is 1.87 bits per heavy atom. The van der Waals surface area contributed by atoms with E-state index in [-0.39, 0.29) is 23.6 Å². The van der Waals surface area contributed by atoms with E-state index in [1.807, 2.05) is 12.1 Å². The van der Waals surface area contributed by atoms with Crippen molar-refractivity contribution in [3.05, 3.63) is 47.4 Å². The molecule has 1 N–H and O–H groups in total. The van der Waals surface area contributed by atoms with Gasteiger partial charge in [-0.05, 0) is 48.8 Å². The van der Waals surface area contributed by atoms with Gasteiger partial charge >= 0.3 is 0 Å². The van der Waals surface area contributed by atoms with Crippen molar-refractivity contribution in [3.63, 3.8) is 0 Å². The zero-order valence-electron chi connectivity index (χ0n) is 13.1. The average molecular weight is 315 g/mol. The minimum Gasteiger partial charge on any atom is -0.392 e. The molecule has 2 unspecified atom stereocenters. The maximum absolute atomic E-state index is 13.2. The Bertz CT molecular complexity index is 639. The van der Waals surface area contributed by atoms with Gasteiger partial charge in [-0.15, -0.1) is 0 Å². The number of hydrogen-bond acceptors (Lipinski definition) is 3. The molecule has 0 spiro atoms. The number of aliphatic hydroxyl groups is 1. The van der Waals surface area contributed by atoms with E-state index in [1.165, 1.54) is 12.1 Å². The van der Waals surface area contributed by atoms with E-state index >= 15 is 0 Å². The Morgan fingerprint density at radius 3 is 2.57 bits per heavy atom. The molecule has 4 atom stereocenters. The van der Waals surface area contributed by atoms with Crippen molar-refractivity contribution in [1.82, 2.24) is 4.90 Å². The molecule has 2 fully saturated rings. The van der Waals surface area contributed by atoms with Gasteiger partial charge in [0.15, 0.2) is 5.78 Å². The Kier molecular flexibility index (Phi) is 3.72. The fourth-order valence-electron chi connectivity index (χ4n) is 4.68. The van der Waals surface area contributed by atoms with Crippen molar-refractivity contribution in [1.29, 1.82) is 0 Å². The molecule has 0 radical (unpaired) electrons. The molecular weight excluding hydrogens is 293 g/mol. The van der Waals surface area contributed by atoms with Crippen LogP contribution in [0.5, 0.6) is 0 Å². The first-order valence-corrected chi connectivity index (χ1v) is 8.53. The maximum atomic E-state index is 13.2. The van der Waals surface area contributed by atoms with Crippen LogP contribution in [-0.2, 0) is 4.79 Å². The van der Waals surface area contributed by atoms with Crippen molar-refractivity contribution in [2.75, 3.05) is 13.1 Å². The first kappa shape index (κ1) is 14.9. The highest BCUT2D eigenvalue weighted by molar-refractivity contribution is 5.92. The third kappa shape index (κ3) is 2.69. The third-order valence-corrected chi connectivity index (χ3v) is 5.82. The first-order chi connectivity index (χ1) is 11.1. The van der Waals surface area contributed by atoms with Crippen LogP contribution in [0.3, 0.4) is 0 Å². The van der Waals surface area contributed by atoms with Gasteiger partial charge in [0, 0.05) is 37.2 Å². The maximum Gasteiger partial charge on any atom is 0.157 e. The van der Waals surface area contributed by atoms with Crippen molar-refractivity contribution in [2.45, 2.75) is 37.7 Å². The smallest absolute Gasteiger partial charge is 0.157 e. The van der Waals surface area contributed by atoms with Crippen LogP contribution < -0.4 is 0 Å². The number of allylic oxidation sites excluding steroid dienone is 2. The lowest BCUT2D eigenvalue weighted by Crippen LogP contribution is -2.35. The molecule has 1 heterocycles. The van der Waals surface area contributed by atoms with Crippen LogP contribution in [0.1, 0.15) is 37.2 Å². The van der Waals surface area contributed by atoms with E-state index in [1.54, 1.807) is 6.08 Å². The molecule has 2 aliphatic carbocycles. The molecule has 1 aliphatic heterocycles. The number of nitrogens with zero attached hydrogens (tertiary/aromatic N) is 1. The number of ketones is 1. The van der Waals surface area contributed by atoms with Gasteiger partial charge in [-0.2, -0.15) is 0 Å². The van der Waals surface area contributed by atoms with Gasteiger partial charge < -0.3 is 10.0 Å². The molecule has 4 heteroatoms. The average Bonchev–Trinajstić information content (AvgIpc) is 3.14. The van der Waals surface area contributed by atoms with E-state index in [9.17, 15) is 14.3 Å². The quantitative estimate of drug-likeness (QED) is 0.912. The van der Waals surface area contributed by atoms with Crippen LogP contribution in [0.2, 0.25) is 0 Å². The minimum atomic E-state index is -0.360. The van der Waals surface area contributed by atoms with Crippen LogP contribution in [0.15, 0.2) is 36.0 Å². The molecule has 3 aliphatic rings. The minimum absolute atomic E-state index is 0.0667. The van der Waals surface area contributed by atoms with Gasteiger partial charge in [0.05, 0.1) is 6.10 Å². The highest BCUT2D eigenvalue weighted by Gasteiger charge is 2.45. The standard InChI is InChI=1S/C19H22FNO2/c20-14-4-1-12(2-5-14)19-17-11-21(15-6-7-16(22)9-15)10-13(17)3-8-18(19)23/h1-2,4-5,9,13,17-19,23H,3,6-8,10-11H2/t13-,17?,18+,19?/m1/s1. The fraction of sp³-hybridized carbons (Fsp3) is 0.526. The molecule has 0 amide bonds. The summed E-state index contributed by atoms with van der Waals surface area (Å²) in [5, 5.41) is 10.6. The Morgan fingerprint density at radius 1 is 1.09 bits per heavy atom. The number of halogens is 1. The van der Waals surface area contributed by atoms with E-state index in [0.29, 0.717) is 18.3 Å². The highest BCUT2D eigenvalue weighted by atomic mass is 19.1. The van der Waals surface area contributed by atoms with E-state index in [4.69, 9.17) is 0 Å². The highest BCUT2D eigenvalue weighted by Crippen LogP contribution is 2.46. The molecule has 0 bridgehead atoms. The summed E-state index contributed by atoms with van der Waals surface area (Å²) in [7, 11) is 0. The summed E-state index contributed by atoms with van der Waals surface area (Å²) in [6.45, 7) is 1.87. The van der Waals surface area contributed by atoms with E-state index in [2.05, 4.69) is 4.90 Å². The monoisotopic (exact) mass is 315 g/mol. The number of carbonyl (C=O) groups excluding carboxylic acids is 1. The summed E-state index contributed by atoms with van der Waals surface area (Å²) >= 11 is 0. The SMILES string of the molecule is O=C1C=C(N2CC3C(c4ccc(F)cc4)[C@@H](O)CC[C@@H]3C2)CC1. The molecule has 4 rings (SSSR count). The summed E-state index contributed by atoms with van der Waals surface area (Å²) in [5.41, 5.74) is 2.20. The molecule has 1 saturated heterocycles. The molecular formula is C19H22FNO2. The number of aliphatic hydroxyl groups excluding tert-OH is 1. The second kappa shape index (κ2) is 5.75. The summed E-state index contributed by atoms with van der Waals surface area (Å²) in [6, 6.07) is 6.59. The Hall–Kier alpha value is -1.68. The summed E-state index contributed by atoms with van der Waals surface area (Å²) in [4.78, 5) is 13.9. The Labute approximate surface area is 135 Å². The lowest BCUT2D eigenvalue weighted by atomic mass is 9.69. The molecule has 1 saturated carbocycles.